The summed E-state index contributed by atoms with van der Waals surface area (Å²) in [6.07, 6.45) is 0.820. The Labute approximate surface area is 228 Å². The second-order valence-corrected chi connectivity index (χ2v) is 9.74. The van der Waals surface area contributed by atoms with Crippen molar-refractivity contribution in [1.82, 2.24) is 15.1 Å². The third-order valence-electron chi connectivity index (χ3n) is 7.20. The van der Waals surface area contributed by atoms with Gasteiger partial charge in [-0.15, -0.1) is 0 Å². The summed E-state index contributed by atoms with van der Waals surface area (Å²) in [4.78, 5) is 42.6. The quantitative estimate of drug-likeness (QED) is 0.368. The first-order valence-corrected chi connectivity index (χ1v) is 13.5. The third-order valence-corrected chi connectivity index (χ3v) is 7.20. The van der Waals surface area contributed by atoms with Crippen molar-refractivity contribution in [3.63, 3.8) is 0 Å². The van der Waals surface area contributed by atoms with E-state index in [1.165, 1.54) is 11.0 Å². The SMILES string of the molecule is CCOC(=O)C1=C(C)N(Cc2ccc(C(=O)NCCCN3CCOCC3)cc2)C(=O)CC1c1ccccc1F. The number of nitrogens with zero attached hydrogens (tertiary/aromatic N) is 2. The van der Waals surface area contributed by atoms with Crippen LogP contribution in [0.15, 0.2) is 59.8 Å². The maximum absolute atomic E-state index is 14.6. The number of allylic oxidation sites excluding steroid dienone is 1. The fourth-order valence-corrected chi connectivity index (χ4v) is 5.08. The van der Waals surface area contributed by atoms with Crippen molar-refractivity contribution >= 4 is 17.8 Å². The van der Waals surface area contributed by atoms with Gasteiger partial charge >= 0.3 is 5.97 Å². The van der Waals surface area contributed by atoms with Gasteiger partial charge in [0.2, 0.25) is 5.91 Å². The molecule has 2 amide bonds. The zero-order valence-corrected chi connectivity index (χ0v) is 22.6. The molecule has 2 heterocycles. The lowest BCUT2D eigenvalue weighted by atomic mass is 9.83. The van der Waals surface area contributed by atoms with Gasteiger partial charge in [0.05, 0.1) is 31.9 Å². The molecule has 208 valence electrons. The molecule has 9 heteroatoms. The van der Waals surface area contributed by atoms with Crippen LogP contribution in [-0.2, 0) is 25.6 Å². The van der Waals surface area contributed by atoms with E-state index >= 15 is 0 Å². The molecule has 0 aliphatic carbocycles. The van der Waals surface area contributed by atoms with Crippen LogP contribution in [0.2, 0.25) is 0 Å². The summed E-state index contributed by atoms with van der Waals surface area (Å²) < 4.78 is 25.3. The first-order valence-electron chi connectivity index (χ1n) is 13.5. The van der Waals surface area contributed by atoms with Crippen LogP contribution in [-0.4, -0.2) is 73.6 Å². The molecule has 2 aliphatic rings. The molecule has 0 bridgehead atoms. The maximum atomic E-state index is 14.6. The van der Waals surface area contributed by atoms with Crippen molar-refractivity contribution in [3.05, 3.63) is 82.3 Å². The highest BCUT2D eigenvalue weighted by molar-refractivity contribution is 5.96. The number of hydrogen-bond donors (Lipinski definition) is 1. The molecule has 0 aromatic heterocycles. The van der Waals surface area contributed by atoms with Gasteiger partial charge in [0.1, 0.15) is 5.82 Å². The smallest absolute Gasteiger partial charge is 0.336 e. The third kappa shape index (κ3) is 7.10. The number of amides is 2. The summed E-state index contributed by atoms with van der Waals surface area (Å²) in [6, 6.07) is 13.3. The van der Waals surface area contributed by atoms with Gasteiger partial charge in [-0.2, -0.15) is 0 Å². The molecule has 2 aromatic rings. The highest BCUT2D eigenvalue weighted by atomic mass is 19.1. The number of morpholine rings is 1. The highest BCUT2D eigenvalue weighted by Gasteiger charge is 2.38. The highest BCUT2D eigenvalue weighted by Crippen LogP contribution is 2.38. The zero-order valence-electron chi connectivity index (χ0n) is 22.6. The maximum Gasteiger partial charge on any atom is 0.336 e. The van der Waals surface area contributed by atoms with Gasteiger partial charge in [-0.05, 0) is 56.1 Å². The summed E-state index contributed by atoms with van der Waals surface area (Å²) in [7, 11) is 0. The van der Waals surface area contributed by atoms with Gasteiger partial charge in [0.25, 0.3) is 5.91 Å². The Morgan fingerprint density at radius 2 is 1.82 bits per heavy atom. The Morgan fingerprint density at radius 3 is 2.51 bits per heavy atom. The molecule has 1 atom stereocenters. The van der Waals surface area contributed by atoms with E-state index in [0.29, 0.717) is 23.4 Å². The molecule has 4 rings (SSSR count). The number of carbonyl (C=O) groups is 3. The number of halogens is 1. The van der Waals surface area contributed by atoms with Crippen molar-refractivity contribution in [2.45, 2.75) is 39.2 Å². The van der Waals surface area contributed by atoms with Gasteiger partial charge in [-0.1, -0.05) is 30.3 Å². The molecule has 2 aromatic carbocycles. The molecule has 8 nitrogen and oxygen atoms in total. The van der Waals surface area contributed by atoms with Gasteiger partial charge in [0.15, 0.2) is 0 Å². The molecule has 0 saturated carbocycles. The van der Waals surface area contributed by atoms with E-state index in [9.17, 15) is 18.8 Å². The topological polar surface area (TPSA) is 88.2 Å². The van der Waals surface area contributed by atoms with Gasteiger partial charge in [-0.25, -0.2) is 9.18 Å². The molecule has 1 fully saturated rings. The average molecular weight is 538 g/mol. The Balaban J connectivity index is 1.42. The molecule has 1 saturated heterocycles. The fourth-order valence-electron chi connectivity index (χ4n) is 5.08. The van der Waals surface area contributed by atoms with Crippen LogP contribution in [0, 0.1) is 5.82 Å². The first-order chi connectivity index (χ1) is 18.9. The fraction of sp³-hybridized carbons (Fsp3) is 0.433. The van der Waals surface area contributed by atoms with Crippen LogP contribution >= 0.6 is 0 Å². The molecular weight excluding hydrogens is 501 g/mol. The lowest BCUT2D eigenvalue weighted by Crippen LogP contribution is -2.38. The molecule has 0 spiro atoms. The van der Waals surface area contributed by atoms with Crippen LogP contribution in [0.25, 0.3) is 0 Å². The number of benzene rings is 2. The molecular formula is C30H36FN3O5. The largest absolute Gasteiger partial charge is 0.463 e. The van der Waals surface area contributed by atoms with Gasteiger partial charge < -0.3 is 19.7 Å². The van der Waals surface area contributed by atoms with Crippen LogP contribution in [0.1, 0.15) is 54.1 Å². The minimum Gasteiger partial charge on any atom is -0.463 e. The molecule has 39 heavy (non-hydrogen) atoms. The van der Waals surface area contributed by atoms with Crippen LogP contribution < -0.4 is 5.32 Å². The van der Waals surface area contributed by atoms with Gasteiger partial charge in [0, 0.05) is 43.2 Å². The van der Waals surface area contributed by atoms with Crippen molar-refractivity contribution in [1.29, 1.82) is 0 Å². The summed E-state index contributed by atoms with van der Waals surface area (Å²) >= 11 is 0. The van der Waals surface area contributed by atoms with Crippen molar-refractivity contribution in [3.8, 4) is 0 Å². The minimum absolute atomic E-state index is 0.0443. The Bertz CT molecular complexity index is 1210. The molecule has 0 radical (unpaired) electrons. The zero-order chi connectivity index (χ0) is 27.8. The number of nitrogens with one attached hydrogen (secondary N) is 1. The monoisotopic (exact) mass is 537 g/mol. The summed E-state index contributed by atoms with van der Waals surface area (Å²) in [5, 5.41) is 2.96. The number of rotatable bonds is 10. The standard InChI is InChI=1S/C30H36FN3O5/c1-3-39-30(37)28-21(2)34(27(35)19-25(28)24-7-4-5-8-26(24)31)20-22-9-11-23(12-10-22)29(36)32-13-6-14-33-15-17-38-18-16-33/h4-5,7-12,25H,3,6,13-20H2,1-2H3,(H,32,36). The second kappa shape index (κ2) is 13.5. The average Bonchev–Trinajstić information content (AvgIpc) is 2.94. The second-order valence-electron chi connectivity index (χ2n) is 9.74. The Kier molecular flexibility index (Phi) is 9.84. The van der Waals surface area contributed by atoms with E-state index in [0.717, 1.165) is 44.8 Å². The summed E-state index contributed by atoms with van der Waals surface area (Å²) in [5.41, 5.74) is 2.37. The number of esters is 1. The Morgan fingerprint density at radius 1 is 1.10 bits per heavy atom. The van der Waals surface area contributed by atoms with Crippen molar-refractivity contribution < 1.29 is 28.2 Å². The van der Waals surface area contributed by atoms with Crippen LogP contribution in [0.3, 0.4) is 0 Å². The molecule has 1 unspecified atom stereocenters. The van der Waals surface area contributed by atoms with E-state index in [-0.39, 0.29) is 37.0 Å². The number of carbonyl (C=O) groups excluding carboxylic acids is 3. The van der Waals surface area contributed by atoms with E-state index in [1.54, 1.807) is 56.3 Å². The van der Waals surface area contributed by atoms with Crippen LogP contribution in [0.5, 0.6) is 0 Å². The molecule has 2 aliphatic heterocycles. The summed E-state index contributed by atoms with van der Waals surface area (Å²) in [5.74, 6) is -2.10. The number of hydrogen-bond acceptors (Lipinski definition) is 6. The van der Waals surface area contributed by atoms with E-state index in [1.807, 2.05) is 0 Å². The van der Waals surface area contributed by atoms with Crippen LogP contribution in [0.4, 0.5) is 4.39 Å². The number of ether oxygens (including phenoxy) is 2. The predicted octanol–water partition coefficient (Wildman–Crippen LogP) is 3.63. The normalized spacial score (nSPS) is 18.3. The van der Waals surface area contributed by atoms with E-state index in [2.05, 4.69) is 10.2 Å². The lowest BCUT2D eigenvalue weighted by Gasteiger charge is -2.34. The van der Waals surface area contributed by atoms with E-state index < -0.39 is 17.7 Å². The Hall–Kier alpha value is -3.56. The van der Waals surface area contributed by atoms with Crippen molar-refractivity contribution in [2.75, 3.05) is 46.0 Å². The van der Waals surface area contributed by atoms with Gasteiger partial charge in [-0.3, -0.25) is 14.5 Å². The van der Waals surface area contributed by atoms with E-state index in [4.69, 9.17) is 9.47 Å². The summed E-state index contributed by atoms with van der Waals surface area (Å²) in [6.45, 7) is 8.66. The first kappa shape index (κ1) is 28.4. The van der Waals surface area contributed by atoms with Crippen molar-refractivity contribution in [2.24, 2.45) is 0 Å². The lowest BCUT2D eigenvalue weighted by molar-refractivity contribution is -0.140. The minimum atomic E-state index is -0.719. The predicted molar refractivity (Wildman–Crippen MR) is 144 cm³/mol. The molecule has 1 N–H and O–H groups in total.